The molecule has 18 heavy (non-hydrogen) atoms. The quantitative estimate of drug-likeness (QED) is 0.877. The molecule has 0 amide bonds. The van der Waals surface area contributed by atoms with Gasteiger partial charge in [0.15, 0.2) is 0 Å². The number of rotatable bonds is 2. The molecule has 2 aromatic rings. The molecule has 96 valence electrons. The normalized spacial score (nSPS) is 11.8. The minimum absolute atomic E-state index is 0.136. The zero-order valence-corrected chi connectivity index (χ0v) is 11.4. The highest BCUT2D eigenvalue weighted by Gasteiger charge is 2.27. The summed E-state index contributed by atoms with van der Waals surface area (Å²) in [5, 5.41) is 14.4. The van der Waals surface area contributed by atoms with E-state index in [2.05, 4.69) is 38.0 Å². The Labute approximate surface area is 108 Å². The maximum atomic E-state index is 10.1. The summed E-state index contributed by atoms with van der Waals surface area (Å²) in [6.45, 7) is 9.06. The Balaban J connectivity index is 2.72. The summed E-state index contributed by atoms with van der Waals surface area (Å²) in [5.74, 6) is 0.142. The van der Waals surface area contributed by atoms with E-state index in [4.69, 9.17) is 0 Å². The molecule has 0 fully saturated rings. The fourth-order valence-corrected chi connectivity index (χ4v) is 2.26. The molecule has 0 bridgehead atoms. The number of nitrogens with zero attached hydrogens (tertiary/aromatic N) is 2. The number of aryl methyl sites for hydroxylation is 1. The molecule has 0 aliphatic carbocycles. The van der Waals surface area contributed by atoms with E-state index in [1.165, 1.54) is 0 Å². The number of aromatic nitrogens is 2. The van der Waals surface area contributed by atoms with Crippen LogP contribution in [0.25, 0.3) is 11.3 Å². The van der Waals surface area contributed by atoms with Crippen LogP contribution in [0.2, 0.25) is 0 Å². The van der Waals surface area contributed by atoms with E-state index in [9.17, 15) is 5.11 Å². The molecular formula is C15H20N2O. The molecule has 0 saturated carbocycles. The molecule has 0 atom stereocenters. The highest BCUT2D eigenvalue weighted by atomic mass is 16.3. The van der Waals surface area contributed by atoms with E-state index >= 15 is 0 Å². The second kappa shape index (κ2) is 4.48. The van der Waals surface area contributed by atoms with Crippen molar-refractivity contribution < 1.29 is 5.11 Å². The van der Waals surface area contributed by atoms with Gasteiger partial charge in [0.2, 0.25) is 5.88 Å². The van der Waals surface area contributed by atoms with Gasteiger partial charge in [-0.3, -0.25) is 4.68 Å². The van der Waals surface area contributed by atoms with E-state index in [0.717, 1.165) is 23.4 Å². The monoisotopic (exact) mass is 244 g/mol. The predicted octanol–water partition coefficient (Wildman–Crippen LogP) is 3.57. The standard InChI is InChI=1S/C15H20N2O/c1-5-17-13(11-9-7-6-8-10-11)12(14(18)16-17)15(2,3)4/h6-10H,5H2,1-4H3,(H,16,18). The lowest BCUT2D eigenvalue weighted by molar-refractivity contribution is 0.422. The van der Waals surface area contributed by atoms with Gasteiger partial charge in [0.25, 0.3) is 0 Å². The molecule has 1 aromatic carbocycles. The number of benzene rings is 1. The molecule has 2 rings (SSSR count). The van der Waals surface area contributed by atoms with Gasteiger partial charge in [-0.1, -0.05) is 51.1 Å². The number of hydrogen-bond acceptors (Lipinski definition) is 2. The van der Waals surface area contributed by atoms with E-state index < -0.39 is 0 Å². The van der Waals surface area contributed by atoms with Crippen LogP contribution in [0, 0.1) is 0 Å². The summed E-state index contributed by atoms with van der Waals surface area (Å²) in [7, 11) is 0. The molecule has 0 spiro atoms. The molecule has 3 heteroatoms. The van der Waals surface area contributed by atoms with Crippen LogP contribution in [-0.4, -0.2) is 14.9 Å². The SMILES string of the molecule is CCn1nc(O)c(C(C)(C)C)c1-c1ccccc1. The van der Waals surface area contributed by atoms with E-state index in [1.54, 1.807) is 0 Å². The van der Waals surface area contributed by atoms with Crippen molar-refractivity contribution in [1.29, 1.82) is 0 Å². The van der Waals surface area contributed by atoms with Crippen LogP contribution in [0.1, 0.15) is 33.3 Å². The van der Waals surface area contributed by atoms with Gasteiger partial charge in [0.1, 0.15) is 0 Å². The molecule has 0 saturated heterocycles. The molecule has 0 unspecified atom stereocenters. The molecule has 0 aliphatic rings. The first-order valence-electron chi connectivity index (χ1n) is 6.30. The van der Waals surface area contributed by atoms with E-state index in [-0.39, 0.29) is 11.3 Å². The Morgan fingerprint density at radius 3 is 2.28 bits per heavy atom. The highest BCUT2D eigenvalue weighted by Crippen LogP contribution is 2.38. The molecular weight excluding hydrogens is 224 g/mol. The molecule has 1 N–H and O–H groups in total. The summed E-state index contributed by atoms with van der Waals surface area (Å²) in [6, 6.07) is 10.1. The lowest BCUT2D eigenvalue weighted by Crippen LogP contribution is -2.13. The van der Waals surface area contributed by atoms with Crippen molar-refractivity contribution in [2.75, 3.05) is 0 Å². The first kappa shape index (κ1) is 12.7. The Morgan fingerprint density at radius 2 is 1.78 bits per heavy atom. The molecule has 1 aromatic heterocycles. The second-order valence-corrected chi connectivity index (χ2v) is 5.48. The fourth-order valence-electron chi connectivity index (χ4n) is 2.26. The summed E-state index contributed by atoms with van der Waals surface area (Å²) in [6.07, 6.45) is 0. The highest BCUT2D eigenvalue weighted by molar-refractivity contribution is 5.67. The predicted molar refractivity (Wildman–Crippen MR) is 73.7 cm³/mol. The van der Waals surface area contributed by atoms with Crippen molar-refractivity contribution in [2.45, 2.75) is 39.7 Å². The minimum atomic E-state index is -0.136. The lowest BCUT2D eigenvalue weighted by Gasteiger charge is -2.20. The van der Waals surface area contributed by atoms with Crippen molar-refractivity contribution in [3.05, 3.63) is 35.9 Å². The molecule has 1 heterocycles. The molecule has 3 nitrogen and oxygen atoms in total. The van der Waals surface area contributed by atoms with E-state index in [0.29, 0.717) is 0 Å². The average molecular weight is 244 g/mol. The van der Waals surface area contributed by atoms with Crippen molar-refractivity contribution in [1.82, 2.24) is 9.78 Å². The van der Waals surface area contributed by atoms with Gasteiger partial charge in [-0.15, -0.1) is 5.10 Å². The summed E-state index contributed by atoms with van der Waals surface area (Å²) >= 11 is 0. The Morgan fingerprint density at radius 1 is 1.17 bits per heavy atom. The van der Waals surface area contributed by atoms with Crippen LogP contribution >= 0.6 is 0 Å². The van der Waals surface area contributed by atoms with Crippen molar-refractivity contribution in [3.8, 4) is 17.1 Å². The first-order valence-corrected chi connectivity index (χ1v) is 6.30. The Bertz CT molecular complexity index is 536. The lowest BCUT2D eigenvalue weighted by atomic mass is 9.85. The largest absolute Gasteiger partial charge is 0.492 e. The number of hydrogen-bond donors (Lipinski definition) is 1. The average Bonchev–Trinajstić information content (AvgIpc) is 2.67. The van der Waals surface area contributed by atoms with Crippen LogP contribution in [0.4, 0.5) is 0 Å². The summed E-state index contributed by atoms with van der Waals surface area (Å²) < 4.78 is 1.87. The third kappa shape index (κ3) is 2.13. The van der Waals surface area contributed by atoms with Crippen LogP contribution in [0.3, 0.4) is 0 Å². The van der Waals surface area contributed by atoms with Gasteiger partial charge in [-0.25, -0.2) is 0 Å². The minimum Gasteiger partial charge on any atom is -0.492 e. The summed E-state index contributed by atoms with van der Waals surface area (Å²) in [5.41, 5.74) is 2.89. The molecule has 0 radical (unpaired) electrons. The maximum absolute atomic E-state index is 10.1. The van der Waals surface area contributed by atoms with Gasteiger partial charge in [-0.2, -0.15) is 0 Å². The topological polar surface area (TPSA) is 38.0 Å². The Hall–Kier alpha value is -1.77. The third-order valence-corrected chi connectivity index (χ3v) is 3.03. The van der Waals surface area contributed by atoms with E-state index in [1.807, 2.05) is 29.8 Å². The third-order valence-electron chi connectivity index (χ3n) is 3.03. The number of aromatic hydroxyl groups is 1. The van der Waals surface area contributed by atoms with Crippen LogP contribution in [-0.2, 0) is 12.0 Å². The van der Waals surface area contributed by atoms with Crippen molar-refractivity contribution in [2.24, 2.45) is 0 Å². The van der Waals surface area contributed by atoms with Gasteiger partial charge < -0.3 is 5.11 Å². The maximum Gasteiger partial charge on any atom is 0.234 e. The Kier molecular flexibility index (Phi) is 3.16. The fraction of sp³-hybridized carbons (Fsp3) is 0.400. The zero-order valence-electron chi connectivity index (χ0n) is 11.4. The van der Waals surface area contributed by atoms with Gasteiger partial charge in [0.05, 0.1) is 5.69 Å². The zero-order chi connectivity index (χ0) is 13.3. The van der Waals surface area contributed by atoms with Crippen LogP contribution in [0.5, 0.6) is 5.88 Å². The van der Waals surface area contributed by atoms with Gasteiger partial charge in [0, 0.05) is 17.7 Å². The molecule has 0 aliphatic heterocycles. The van der Waals surface area contributed by atoms with Crippen LogP contribution < -0.4 is 0 Å². The van der Waals surface area contributed by atoms with Crippen molar-refractivity contribution in [3.63, 3.8) is 0 Å². The first-order chi connectivity index (χ1) is 8.45. The second-order valence-electron chi connectivity index (χ2n) is 5.48. The van der Waals surface area contributed by atoms with Crippen LogP contribution in [0.15, 0.2) is 30.3 Å². The van der Waals surface area contributed by atoms with Crippen molar-refractivity contribution >= 4 is 0 Å². The van der Waals surface area contributed by atoms with Gasteiger partial charge in [-0.05, 0) is 12.3 Å². The van der Waals surface area contributed by atoms with Gasteiger partial charge >= 0.3 is 0 Å². The summed E-state index contributed by atoms with van der Waals surface area (Å²) in [4.78, 5) is 0. The smallest absolute Gasteiger partial charge is 0.234 e.